The molecule has 0 radical (unpaired) electrons. The zero-order valence-corrected chi connectivity index (χ0v) is 15.3. The van der Waals surface area contributed by atoms with E-state index in [4.69, 9.17) is 10.8 Å². The number of primary amides is 1. The number of nitrogens with zero attached hydrogens (tertiary/aromatic N) is 3. The van der Waals surface area contributed by atoms with Crippen LogP contribution in [0, 0.1) is 0 Å². The summed E-state index contributed by atoms with van der Waals surface area (Å²) in [6.07, 6.45) is 3.39. The second-order valence-corrected chi connectivity index (χ2v) is 7.44. The lowest BCUT2D eigenvalue weighted by Crippen LogP contribution is -2.10. The second kappa shape index (κ2) is 6.77. The monoisotopic (exact) mass is 376 g/mol. The van der Waals surface area contributed by atoms with Crippen molar-refractivity contribution in [2.45, 2.75) is 4.90 Å². The lowest BCUT2D eigenvalue weighted by Gasteiger charge is -2.06. The molecule has 4 rings (SSSR count). The summed E-state index contributed by atoms with van der Waals surface area (Å²) in [6, 6.07) is 18.3. The van der Waals surface area contributed by atoms with Crippen LogP contribution in [-0.4, -0.2) is 31.0 Å². The normalized spacial score (nSPS) is 12.2. The lowest BCUT2D eigenvalue weighted by atomic mass is 10.1. The molecule has 0 bridgehead atoms. The van der Waals surface area contributed by atoms with Crippen molar-refractivity contribution in [3.63, 3.8) is 0 Å². The summed E-state index contributed by atoms with van der Waals surface area (Å²) in [5.74, 6) is -0.465. The zero-order valence-electron chi connectivity index (χ0n) is 14.5. The SMILES string of the molecule is CS(=O)c1cccc(-c2ccc3ncc(-c4ccc(C(N)=O)cc4)n3n2)c1. The predicted octanol–water partition coefficient (Wildman–Crippen LogP) is 2.90. The van der Waals surface area contributed by atoms with Crippen molar-refractivity contribution in [1.29, 1.82) is 0 Å². The molecule has 1 atom stereocenters. The number of fused-ring (bicyclic) bond motifs is 1. The molecule has 1 amide bonds. The molecule has 2 N–H and O–H groups in total. The molecule has 0 aliphatic heterocycles. The van der Waals surface area contributed by atoms with Crippen LogP contribution in [-0.2, 0) is 10.8 Å². The highest BCUT2D eigenvalue weighted by Crippen LogP contribution is 2.24. The average molecular weight is 376 g/mol. The van der Waals surface area contributed by atoms with Gasteiger partial charge in [0, 0.05) is 38.6 Å². The molecule has 2 aromatic heterocycles. The van der Waals surface area contributed by atoms with Crippen molar-refractivity contribution >= 4 is 22.4 Å². The predicted molar refractivity (Wildman–Crippen MR) is 105 cm³/mol. The van der Waals surface area contributed by atoms with Crippen molar-refractivity contribution in [3.8, 4) is 22.5 Å². The number of amides is 1. The van der Waals surface area contributed by atoms with E-state index in [-0.39, 0.29) is 0 Å². The van der Waals surface area contributed by atoms with Crippen LogP contribution in [0.4, 0.5) is 0 Å². The first kappa shape index (κ1) is 17.1. The summed E-state index contributed by atoms with van der Waals surface area (Å²) >= 11 is 0. The zero-order chi connectivity index (χ0) is 19.0. The minimum atomic E-state index is -1.06. The summed E-state index contributed by atoms with van der Waals surface area (Å²) in [4.78, 5) is 16.4. The molecule has 4 aromatic rings. The maximum absolute atomic E-state index is 11.8. The Bertz CT molecular complexity index is 1180. The van der Waals surface area contributed by atoms with Crippen LogP contribution in [0.25, 0.3) is 28.2 Å². The topological polar surface area (TPSA) is 90.4 Å². The van der Waals surface area contributed by atoms with E-state index in [1.807, 2.05) is 48.5 Å². The molecule has 0 aliphatic rings. The molecule has 0 saturated heterocycles. The maximum atomic E-state index is 11.8. The van der Waals surface area contributed by atoms with Crippen LogP contribution < -0.4 is 5.73 Å². The minimum absolute atomic E-state index is 0.450. The van der Waals surface area contributed by atoms with Crippen LogP contribution in [0.1, 0.15) is 10.4 Å². The van der Waals surface area contributed by atoms with Crippen molar-refractivity contribution in [2.24, 2.45) is 5.73 Å². The highest BCUT2D eigenvalue weighted by molar-refractivity contribution is 7.84. The van der Waals surface area contributed by atoms with Gasteiger partial charge in [-0.15, -0.1) is 0 Å². The molecule has 1 unspecified atom stereocenters. The summed E-state index contributed by atoms with van der Waals surface area (Å²) in [7, 11) is -1.06. The van der Waals surface area contributed by atoms with E-state index in [0.29, 0.717) is 11.2 Å². The number of benzene rings is 2. The maximum Gasteiger partial charge on any atom is 0.248 e. The largest absolute Gasteiger partial charge is 0.366 e. The van der Waals surface area contributed by atoms with E-state index in [0.717, 1.165) is 27.4 Å². The third-order valence-corrected chi connectivity index (χ3v) is 5.21. The van der Waals surface area contributed by atoms with Crippen molar-refractivity contribution in [3.05, 3.63) is 72.4 Å². The number of hydrogen-bond acceptors (Lipinski definition) is 4. The summed E-state index contributed by atoms with van der Waals surface area (Å²) in [5.41, 5.74) is 9.78. The van der Waals surface area contributed by atoms with Gasteiger partial charge in [-0.05, 0) is 36.4 Å². The molecule has 2 aromatic carbocycles. The molecule has 0 fully saturated rings. The Kier molecular flexibility index (Phi) is 4.29. The van der Waals surface area contributed by atoms with Crippen LogP contribution in [0.3, 0.4) is 0 Å². The van der Waals surface area contributed by atoms with Crippen LogP contribution >= 0.6 is 0 Å². The van der Waals surface area contributed by atoms with Gasteiger partial charge in [0.05, 0.1) is 17.6 Å². The number of carbonyl (C=O) groups excluding carboxylic acids is 1. The van der Waals surface area contributed by atoms with Gasteiger partial charge in [-0.25, -0.2) is 9.50 Å². The number of nitrogens with two attached hydrogens (primary N) is 1. The third kappa shape index (κ3) is 3.24. The van der Waals surface area contributed by atoms with Gasteiger partial charge >= 0.3 is 0 Å². The van der Waals surface area contributed by atoms with Gasteiger partial charge in [0.15, 0.2) is 5.65 Å². The number of hydrogen-bond donors (Lipinski definition) is 1. The molecular formula is C20H16N4O2S. The van der Waals surface area contributed by atoms with Crippen LogP contribution in [0.5, 0.6) is 0 Å². The average Bonchev–Trinajstić information content (AvgIpc) is 3.11. The van der Waals surface area contributed by atoms with E-state index in [2.05, 4.69) is 4.98 Å². The fraction of sp³-hybridized carbons (Fsp3) is 0.0500. The van der Waals surface area contributed by atoms with Gasteiger partial charge in [0.2, 0.25) is 5.91 Å². The van der Waals surface area contributed by atoms with Crippen molar-refractivity contribution in [2.75, 3.05) is 6.26 Å². The Morgan fingerprint density at radius 3 is 2.52 bits per heavy atom. The Hall–Kier alpha value is -3.32. The van der Waals surface area contributed by atoms with Crippen molar-refractivity contribution in [1.82, 2.24) is 14.6 Å². The summed E-state index contributed by atoms with van der Waals surface area (Å²) in [6.45, 7) is 0. The molecule has 2 heterocycles. The Morgan fingerprint density at radius 1 is 1.04 bits per heavy atom. The first-order chi connectivity index (χ1) is 13.0. The van der Waals surface area contributed by atoms with E-state index in [1.165, 1.54) is 0 Å². The summed E-state index contributed by atoms with van der Waals surface area (Å²) in [5, 5.41) is 4.70. The molecule has 0 aliphatic carbocycles. The first-order valence-corrected chi connectivity index (χ1v) is 9.77. The van der Waals surface area contributed by atoms with Gasteiger partial charge in [-0.2, -0.15) is 5.10 Å². The van der Waals surface area contributed by atoms with Gasteiger partial charge in [0.25, 0.3) is 0 Å². The molecule has 7 heteroatoms. The van der Waals surface area contributed by atoms with E-state index < -0.39 is 16.7 Å². The number of carbonyl (C=O) groups is 1. The first-order valence-electron chi connectivity index (χ1n) is 8.22. The number of aromatic nitrogens is 3. The lowest BCUT2D eigenvalue weighted by molar-refractivity contribution is 0.100. The Labute approximate surface area is 158 Å². The molecule has 27 heavy (non-hydrogen) atoms. The van der Waals surface area contributed by atoms with Crippen molar-refractivity contribution < 1.29 is 9.00 Å². The summed E-state index contributed by atoms with van der Waals surface area (Å²) < 4.78 is 13.5. The molecule has 0 saturated carbocycles. The molecule has 6 nitrogen and oxygen atoms in total. The van der Waals surface area contributed by atoms with Gasteiger partial charge in [-0.1, -0.05) is 24.3 Å². The minimum Gasteiger partial charge on any atom is -0.366 e. The Balaban J connectivity index is 1.81. The fourth-order valence-corrected chi connectivity index (χ4v) is 3.43. The van der Waals surface area contributed by atoms with Gasteiger partial charge in [0.1, 0.15) is 0 Å². The second-order valence-electron chi connectivity index (χ2n) is 6.06. The van der Waals surface area contributed by atoms with Gasteiger partial charge < -0.3 is 5.73 Å². The third-order valence-electron chi connectivity index (χ3n) is 4.29. The number of imidazole rings is 1. The standard InChI is InChI=1S/C20H16N4O2S/c1-27(26)16-4-2-3-15(11-16)17-9-10-19-22-12-18(24(19)23-17)13-5-7-14(8-6-13)20(21)25/h2-12H,1H3,(H2,21,25). The smallest absolute Gasteiger partial charge is 0.248 e. The highest BCUT2D eigenvalue weighted by atomic mass is 32.2. The quantitative estimate of drug-likeness (QED) is 0.593. The highest BCUT2D eigenvalue weighted by Gasteiger charge is 2.10. The van der Waals surface area contributed by atoms with E-state index in [9.17, 15) is 9.00 Å². The number of rotatable bonds is 4. The van der Waals surface area contributed by atoms with Crippen LogP contribution in [0.2, 0.25) is 0 Å². The Morgan fingerprint density at radius 2 is 1.81 bits per heavy atom. The molecule has 0 spiro atoms. The molecular weight excluding hydrogens is 360 g/mol. The van der Waals surface area contributed by atoms with Crippen LogP contribution in [0.15, 0.2) is 71.8 Å². The molecule has 134 valence electrons. The van der Waals surface area contributed by atoms with Gasteiger partial charge in [-0.3, -0.25) is 9.00 Å². The van der Waals surface area contributed by atoms with E-state index >= 15 is 0 Å². The fourth-order valence-electron chi connectivity index (χ4n) is 2.86. The van der Waals surface area contributed by atoms with E-state index in [1.54, 1.807) is 29.1 Å².